The molecule has 1 saturated carbocycles. The predicted octanol–water partition coefficient (Wildman–Crippen LogP) is 3.27. The molecule has 122 valence electrons. The normalized spacial score (nSPS) is 21.6. The Labute approximate surface area is 136 Å². The van der Waals surface area contributed by atoms with Crippen LogP contribution in [-0.4, -0.2) is 28.8 Å². The van der Waals surface area contributed by atoms with Gasteiger partial charge in [-0.1, -0.05) is 11.6 Å². The van der Waals surface area contributed by atoms with E-state index in [-0.39, 0.29) is 18.2 Å². The van der Waals surface area contributed by atoms with E-state index >= 15 is 0 Å². The fourth-order valence-corrected chi connectivity index (χ4v) is 2.69. The average molecular weight is 326 g/mol. The van der Waals surface area contributed by atoms with Gasteiger partial charge in [-0.3, -0.25) is 4.98 Å². The minimum atomic E-state index is -0.473. The lowest BCUT2D eigenvalue weighted by Crippen LogP contribution is -2.47. The highest BCUT2D eigenvalue weighted by atomic mass is 35.5. The second kappa shape index (κ2) is 7.29. The van der Waals surface area contributed by atoms with Crippen molar-refractivity contribution in [2.45, 2.75) is 64.3 Å². The Balaban J connectivity index is 1.82. The van der Waals surface area contributed by atoms with Gasteiger partial charge >= 0.3 is 6.09 Å². The molecular formula is C16H24ClN3O2. The standard InChI is InChI=1S/C16H24ClN3O2/c1-16(2,3)22-15(21)20-14-6-4-5-13(14)19-10-12-8-7-11(17)9-18-12/h7-9,13-14,19H,4-6,10H2,1-3H3,(H,20,21)/t13-,14+/m1/s1. The minimum Gasteiger partial charge on any atom is -0.444 e. The van der Waals surface area contributed by atoms with Gasteiger partial charge in [-0.15, -0.1) is 0 Å². The quantitative estimate of drug-likeness (QED) is 0.891. The van der Waals surface area contributed by atoms with Crippen molar-refractivity contribution in [2.24, 2.45) is 0 Å². The van der Waals surface area contributed by atoms with Gasteiger partial charge in [-0.2, -0.15) is 0 Å². The SMILES string of the molecule is CC(C)(C)OC(=O)N[C@H]1CCC[C@H]1NCc1ccc(Cl)cn1. The third-order valence-corrected chi connectivity index (χ3v) is 3.78. The molecule has 1 amide bonds. The first-order valence-corrected chi connectivity index (χ1v) is 8.04. The third kappa shape index (κ3) is 5.46. The first kappa shape index (κ1) is 17.0. The highest BCUT2D eigenvalue weighted by Crippen LogP contribution is 2.20. The first-order chi connectivity index (χ1) is 10.3. The van der Waals surface area contributed by atoms with Crippen LogP contribution in [0.25, 0.3) is 0 Å². The molecule has 1 aliphatic carbocycles. The Morgan fingerprint density at radius 3 is 2.73 bits per heavy atom. The van der Waals surface area contributed by atoms with Crippen molar-refractivity contribution in [3.8, 4) is 0 Å². The van der Waals surface area contributed by atoms with Crippen LogP contribution in [0.15, 0.2) is 18.3 Å². The number of hydrogen-bond donors (Lipinski definition) is 2. The summed E-state index contributed by atoms with van der Waals surface area (Å²) in [5.41, 5.74) is 0.464. The van der Waals surface area contributed by atoms with E-state index in [0.29, 0.717) is 11.6 Å². The van der Waals surface area contributed by atoms with Crippen LogP contribution in [0.2, 0.25) is 5.02 Å². The summed E-state index contributed by atoms with van der Waals surface area (Å²) in [4.78, 5) is 16.2. The molecule has 1 aromatic rings. The fraction of sp³-hybridized carbons (Fsp3) is 0.625. The zero-order chi connectivity index (χ0) is 16.2. The topological polar surface area (TPSA) is 63.2 Å². The molecule has 0 spiro atoms. The van der Waals surface area contributed by atoms with Crippen molar-refractivity contribution < 1.29 is 9.53 Å². The van der Waals surface area contributed by atoms with E-state index in [2.05, 4.69) is 15.6 Å². The van der Waals surface area contributed by atoms with Crippen molar-refractivity contribution in [3.63, 3.8) is 0 Å². The van der Waals surface area contributed by atoms with Crippen LogP contribution in [0, 0.1) is 0 Å². The molecule has 2 N–H and O–H groups in total. The molecule has 1 aromatic heterocycles. The van der Waals surface area contributed by atoms with Gasteiger partial charge in [0, 0.05) is 24.8 Å². The molecule has 2 rings (SSSR count). The van der Waals surface area contributed by atoms with Crippen LogP contribution in [0.3, 0.4) is 0 Å². The summed E-state index contributed by atoms with van der Waals surface area (Å²) in [6.07, 6.45) is 4.38. The van der Waals surface area contributed by atoms with Crippen molar-refractivity contribution >= 4 is 17.7 Å². The molecule has 0 bridgehead atoms. The van der Waals surface area contributed by atoms with Crippen LogP contribution in [0.5, 0.6) is 0 Å². The van der Waals surface area contributed by atoms with Gasteiger partial charge in [0.1, 0.15) is 5.60 Å². The first-order valence-electron chi connectivity index (χ1n) is 7.67. The summed E-state index contributed by atoms with van der Waals surface area (Å²) < 4.78 is 5.32. The van der Waals surface area contributed by atoms with E-state index in [1.54, 1.807) is 6.20 Å². The van der Waals surface area contributed by atoms with Gasteiger partial charge in [0.2, 0.25) is 0 Å². The summed E-state index contributed by atoms with van der Waals surface area (Å²) in [5.74, 6) is 0. The summed E-state index contributed by atoms with van der Waals surface area (Å²) in [6.45, 7) is 6.25. The monoisotopic (exact) mass is 325 g/mol. The van der Waals surface area contributed by atoms with E-state index in [1.165, 1.54) is 0 Å². The zero-order valence-corrected chi connectivity index (χ0v) is 14.1. The average Bonchev–Trinajstić information content (AvgIpc) is 2.83. The Hall–Kier alpha value is -1.33. The maximum absolute atomic E-state index is 11.9. The number of pyridine rings is 1. The molecule has 1 heterocycles. The van der Waals surface area contributed by atoms with Crippen molar-refractivity contribution in [1.29, 1.82) is 0 Å². The predicted molar refractivity (Wildman–Crippen MR) is 86.9 cm³/mol. The lowest BCUT2D eigenvalue weighted by molar-refractivity contribution is 0.0498. The van der Waals surface area contributed by atoms with Gasteiger partial charge in [0.05, 0.1) is 10.7 Å². The molecule has 0 aliphatic heterocycles. The van der Waals surface area contributed by atoms with Gasteiger partial charge < -0.3 is 15.4 Å². The number of halogens is 1. The number of hydrogen-bond acceptors (Lipinski definition) is 4. The zero-order valence-electron chi connectivity index (χ0n) is 13.4. The highest BCUT2D eigenvalue weighted by Gasteiger charge is 2.29. The molecule has 1 aliphatic rings. The molecule has 2 atom stereocenters. The number of amides is 1. The number of aromatic nitrogens is 1. The Morgan fingerprint density at radius 2 is 2.09 bits per heavy atom. The van der Waals surface area contributed by atoms with Gasteiger partial charge in [-0.25, -0.2) is 4.79 Å². The minimum absolute atomic E-state index is 0.0992. The summed E-state index contributed by atoms with van der Waals surface area (Å²) >= 11 is 5.83. The number of alkyl carbamates (subject to hydrolysis) is 1. The number of nitrogens with zero attached hydrogens (tertiary/aromatic N) is 1. The van der Waals surface area contributed by atoms with Gasteiger partial charge in [-0.05, 0) is 52.2 Å². The fourth-order valence-electron chi connectivity index (χ4n) is 2.58. The number of nitrogens with one attached hydrogen (secondary N) is 2. The summed E-state index contributed by atoms with van der Waals surface area (Å²) in [6, 6.07) is 4.07. The van der Waals surface area contributed by atoms with Crippen LogP contribution in [0.4, 0.5) is 4.79 Å². The lowest BCUT2D eigenvalue weighted by Gasteiger charge is -2.25. The summed E-state index contributed by atoms with van der Waals surface area (Å²) in [5, 5.41) is 7.06. The molecule has 0 radical (unpaired) electrons. The number of carbonyl (C=O) groups is 1. The van der Waals surface area contributed by atoms with Crippen molar-refractivity contribution in [2.75, 3.05) is 0 Å². The largest absolute Gasteiger partial charge is 0.444 e. The van der Waals surface area contributed by atoms with E-state index in [9.17, 15) is 4.79 Å². The van der Waals surface area contributed by atoms with E-state index in [4.69, 9.17) is 16.3 Å². The van der Waals surface area contributed by atoms with Crippen molar-refractivity contribution in [3.05, 3.63) is 29.0 Å². The van der Waals surface area contributed by atoms with Crippen LogP contribution in [0.1, 0.15) is 45.7 Å². The lowest BCUT2D eigenvalue weighted by atomic mass is 10.1. The Morgan fingerprint density at radius 1 is 1.36 bits per heavy atom. The smallest absolute Gasteiger partial charge is 0.407 e. The number of carbonyl (C=O) groups excluding carboxylic acids is 1. The van der Waals surface area contributed by atoms with E-state index < -0.39 is 5.60 Å². The van der Waals surface area contributed by atoms with E-state index in [0.717, 1.165) is 25.0 Å². The highest BCUT2D eigenvalue weighted by molar-refractivity contribution is 6.30. The Kier molecular flexibility index (Phi) is 5.64. The maximum Gasteiger partial charge on any atom is 0.407 e. The number of rotatable bonds is 4. The number of ether oxygens (including phenoxy) is 1. The van der Waals surface area contributed by atoms with Crippen LogP contribution < -0.4 is 10.6 Å². The van der Waals surface area contributed by atoms with Crippen molar-refractivity contribution in [1.82, 2.24) is 15.6 Å². The second-order valence-electron chi connectivity index (χ2n) is 6.64. The molecule has 0 unspecified atom stereocenters. The Bertz CT molecular complexity index is 499. The molecule has 5 nitrogen and oxygen atoms in total. The molecule has 0 aromatic carbocycles. The third-order valence-electron chi connectivity index (χ3n) is 3.55. The second-order valence-corrected chi connectivity index (χ2v) is 7.08. The maximum atomic E-state index is 11.9. The van der Waals surface area contributed by atoms with Gasteiger partial charge in [0.25, 0.3) is 0 Å². The molecular weight excluding hydrogens is 302 g/mol. The van der Waals surface area contributed by atoms with Gasteiger partial charge in [0.15, 0.2) is 0 Å². The molecule has 0 saturated heterocycles. The van der Waals surface area contributed by atoms with Crippen LogP contribution in [-0.2, 0) is 11.3 Å². The molecule has 6 heteroatoms. The summed E-state index contributed by atoms with van der Waals surface area (Å²) in [7, 11) is 0. The van der Waals surface area contributed by atoms with Crippen LogP contribution >= 0.6 is 11.6 Å². The molecule has 1 fully saturated rings. The molecule has 22 heavy (non-hydrogen) atoms. The van der Waals surface area contributed by atoms with E-state index in [1.807, 2.05) is 32.9 Å².